The van der Waals surface area contributed by atoms with Gasteiger partial charge in [0.2, 0.25) is 0 Å². The van der Waals surface area contributed by atoms with Gasteiger partial charge in [-0.15, -0.1) is 0 Å². The first-order valence-corrected chi connectivity index (χ1v) is 13.0. The van der Waals surface area contributed by atoms with Gasteiger partial charge in [-0.25, -0.2) is 0 Å². The van der Waals surface area contributed by atoms with E-state index in [1.165, 1.54) is 0 Å². The zero-order chi connectivity index (χ0) is 8.31. The third kappa shape index (κ3) is 6.05. The standard InChI is InChI=1S/C7H21Si3.Ca.H2/c1-8(2)7(9(3)4)10(5)6;;/h8-10H,1-6H3;;1H. The van der Waals surface area contributed by atoms with Gasteiger partial charge in [-0.1, -0.05) is 44.1 Å². The smallest absolute Gasteiger partial charge is 0.0306 e. The maximum Gasteiger partial charge on any atom is 0.0306 e. The minimum atomic E-state index is -0.361. The van der Waals surface area contributed by atoms with Gasteiger partial charge in [-0.05, 0) is 0 Å². The van der Waals surface area contributed by atoms with Crippen molar-refractivity contribution >= 4 is 64.1 Å². The molecule has 0 aromatic rings. The third-order valence-electron chi connectivity index (χ3n) is 2.00. The van der Waals surface area contributed by atoms with E-state index in [1.807, 2.05) is 0 Å². The van der Waals surface area contributed by atoms with E-state index in [1.54, 1.807) is 0 Å². The molecule has 0 atom stereocenters. The van der Waals surface area contributed by atoms with Crippen molar-refractivity contribution in [1.29, 1.82) is 0 Å². The molecule has 0 heterocycles. The Bertz CT molecular complexity index is 79.6. The predicted octanol–water partition coefficient (Wildman–Crippen LogP) is 1.50. The topological polar surface area (TPSA) is 0 Å². The molecule has 0 bridgehead atoms. The average molecular weight is 232 g/mol. The number of rotatable bonds is 3. The largest absolute Gasteiger partial charge is 0.0722 e. The molecule has 0 aromatic carbocycles. The Kier molecular flexibility index (Phi) is 10.2. The molecule has 0 aromatic heterocycles. The number of hydrogen-bond donors (Lipinski definition) is 0. The first-order valence-electron chi connectivity index (χ1n) is 4.33. The van der Waals surface area contributed by atoms with E-state index in [2.05, 4.69) is 44.1 Å². The normalized spacial score (nSPS) is 11.5. The molecule has 0 saturated carbocycles. The SMILES string of the molecule is C[SiH](C)[C]([SiH](C)C)[SiH](C)C.[Ca].[HH]. The van der Waals surface area contributed by atoms with Crippen LogP contribution in [0.15, 0.2) is 0 Å². The minimum Gasteiger partial charge on any atom is -0.0722 e. The summed E-state index contributed by atoms with van der Waals surface area (Å²) >= 11 is 0. The van der Waals surface area contributed by atoms with Crippen LogP contribution in [0.5, 0.6) is 0 Å². The summed E-state index contributed by atoms with van der Waals surface area (Å²) in [6, 6.07) is 0. The molecule has 0 rings (SSSR count). The van der Waals surface area contributed by atoms with Gasteiger partial charge in [-0.2, -0.15) is 0 Å². The number of hydrogen-bond acceptors (Lipinski definition) is 0. The molecular formula is C7H23CaSi3. The second kappa shape index (κ2) is 7.33. The van der Waals surface area contributed by atoms with E-state index in [0.29, 0.717) is 0 Å². The summed E-state index contributed by atoms with van der Waals surface area (Å²) in [5.74, 6) is 0. The fraction of sp³-hybridized carbons (Fsp3) is 0.857. The van der Waals surface area contributed by atoms with E-state index in [9.17, 15) is 0 Å². The Morgan fingerprint density at radius 2 is 0.909 bits per heavy atom. The van der Waals surface area contributed by atoms with Crippen molar-refractivity contribution in [3.05, 3.63) is 4.79 Å². The average Bonchev–Trinajstić information content (AvgIpc) is 1.59. The molecule has 0 saturated heterocycles. The van der Waals surface area contributed by atoms with Crippen LogP contribution in [-0.2, 0) is 0 Å². The fourth-order valence-corrected chi connectivity index (χ4v) is 18.0. The molecule has 11 heavy (non-hydrogen) atoms. The van der Waals surface area contributed by atoms with E-state index in [4.69, 9.17) is 0 Å². The molecular weight excluding hydrogens is 208 g/mol. The molecule has 0 unspecified atom stereocenters. The van der Waals surface area contributed by atoms with Crippen LogP contribution >= 0.6 is 0 Å². The Morgan fingerprint density at radius 1 is 0.727 bits per heavy atom. The zero-order valence-electron chi connectivity index (χ0n) is 8.94. The maximum atomic E-state index is 2.50. The summed E-state index contributed by atoms with van der Waals surface area (Å²) in [5, 5.41) is 0. The summed E-state index contributed by atoms with van der Waals surface area (Å²) in [6.07, 6.45) is 0. The minimum absolute atomic E-state index is 0. The van der Waals surface area contributed by atoms with Crippen LogP contribution in [0, 0.1) is 4.79 Å². The molecule has 0 spiro atoms. The van der Waals surface area contributed by atoms with Gasteiger partial charge in [0.05, 0.1) is 0 Å². The van der Waals surface area contributed by atoms with Crippen molar-refractivity contribution in [1.82, 2.24) is 0 Å². The van der Waals surface area contributed by atoms with Crippen LogP contribution in [0.2, 0.25) is 39.3 Å². The van der Waals surface area contributed by atoms with Crippen LogP contribution in [0.1, 0.15) is 1.43 Å². The molecule has 0 fully saturated rings. The van der Waals surface area contributed by atoms with Crippen molar-refractivity contribution in [3.63, 3.8) is 0 Å². The van der Waals surface area contributed by atoms with Crippen molar-refractivity contribution in [2.45, 2.75) is 39.3 Å². The van der Waals surface area contributed by atoms with E-state index in [0.717, 1.165) is 0 Å². The maximum absolute atomic E-state index is 2.50. The van der Waals surface area contributed by atoms with Crippen LogP contribution in [0.3, 0.4) is 0 Å². The summed E-state index contributed by atoms with van der Waals surface area (Å²) < 4.78 is 0. The Hall–Kier alpha value is 1.91. The van der Waals surface area contributed by atoms with Crippen molar-refractivity contribution in [2.75, 3.05) is 0 Å². The van der Waals surface area contributed by atoms with Crippen LogP contribution < -0.4 is 0 Å². The molecule has 65 valence electrons. The fourth-order valence-electron chi connectivity index (χ4n) is 2.00. The predicted molar refractivity (Wildman–Crippen MR) is 67.7 cm³/mol. The van der Waals surface area contributed by atoms with Gasteiger partial charge >= 0.3 is 0 Å². The van der Waals surface area contributed by atoms with E-state index < -0.39 is 0 Å². The summed E-state index contributed by atoms with van der Waals surface area (Å²) in [4.78, 5) is 2.11. The zero-order valence-corrected chi connectivity index (χ0v) is 14.6. The molecule has 0 N–H and O–H groups in total. The Balaban J connectivity index is -0.000000405. The van der Waals surface area contributed by atoms with Crippen molar-refractivity contribution in [2.24, 2.45) is 0 Å². The summed E-state index contributed by atoms with van der Waals surface area (Å²) in [5.41, 5.74) is 0. The van der Waals surface area contributed by atoms with Gasteiger partial charge in [0, 0.05) is 65.6 Å². The summed E-state index contributed by atoms with van der Waals surface area (Å²) in [7, 11) is -1.08. The second-order valence-electron chi connectivity index (χ2n) is 3.96. The van der Waals surface area contributed by atoms with Gasteiger partial charge < -0.3 is 0 Å². The first-order chi connectivity index (χ1) is 4.46. The van der Waals surface area contributed by atoms with Gasteiger partial charge in [0.15, 0.2) is 0 Å². The molecule has 0 aliphatic heterocycles. The molecule has 3 radical (unpaired) electrons. The van der Waals surface area contributed by atoms with Crippen LogP contribution in [0.4, 0.5) is 0 Å². The third-order valence-corrected chi connectivity index (χ3v) is 18.0. The van der Waals surface area contributed by atoms with Crippen LogP contribution in [-0.4, -0.2) is 64.1 Å². The molecule has 4 heteroatoms. The quantitative estimate of drug-likeness (QED) is 0.646. The van der Waals surface area contributed by atoms with Gasteiger partial charge in [0.1, 0.15) is 0 Å². The first kappa shape index (κ1) is 15.4. The van der Waals surface area contributed by atoms with Crippen molar-refractivity contribution < 1.29 is 1.43 Å². The summed E-state index contributed by atoms with van der Waals surface area (Å²) in [6.45, 7) is 15.0. The van der Waals surface area contributed by atoms with Crippen molar-refractivity contribution in [3.8, 4) is 0 Å². The van der Waals surface area contributed by atoms with E-state index >= 15 is 0 Å². The second-order valence-corrected chi connectivity index (χ2v) is 14.9. The molecule has 0 nitrogen and oxygen atoms in total. The van der Waals surface area contributed by atoms with Gasteiger partial charge in [-0.3, -0.25) is 0 Å². The molecule has 0 aliphatic carbocycles. The van der Waals surface area contributed by atoms with E-state index in [-0.39, 0.29) is 65.6 Å². The Morgan fingerprint density at radius 3 is 0.909 bits per heavy atom. The van der Waals surface area contributed by atoms with Gasteiger partial charge in [0.25, 0.3) is 0 Å². The Labute approximate surface area is 108 Å². The molecule has 0 amide bonds. The van der Waals surface area contributed by atoms with Crippen LogP contribution in [0.25, 0.3) is 0 Å². The molecule has 0 aliphatic rings. The monoisotopic (exact) mass is 231 g/mol.